The van der Waals surface area contributed by atoms with Gasteiger partial charge in [0.2, 0.25) is 6.08 Å². The van der Waals surface area contributed by atoms with Gasteiger partial charge in [0.05, 0.1) is 17.1 Å². The van der Waals surface area contributed by atoms with E-state index in [4.69, 9.17) is 4.74 Å². The van der Waals surface area contributed by atoms with E-state index in [1.54, 1.807) is 12.1 Å². The maximum atomic E-state index is 10.6. The minimum Gasteiger partial charge on any atom is -0.504 e. The van der Waals surface area contributed by atoms with Crippen molar-refractivity contribution in [3.05, 3.63) is 21.7 Å². The van der Waals surface area contributed by atoms with Crippen LogP contribution in [0.15, 0.2) is 15.5 Å². The third-order valence-electron chi connectivity index (χ3n) is 3.51. The zero-order chi connectivity index (χ0) is 13.3. The number of benzene rings is 1. The van der Waals surface area contributed by atoms with Crippen LogP contribution in [-0.4, -0.2) is 18.3 Å². The van der Waals surface area contributed by atoms with Gasteiger partial charge < -0.3 is 9.84 Å². The lowest BCUT2D eigenvalue weighted by atomic mass is 9.71. The highest BCUT2D eigenvalue weighted by Gasteiger charge is 2.42. The van der Waals surface area contributed by atoms with Crippen LogP contribution in [0, 0.1) is 6.92 Å². The Labute approximate surface area is 114 Å². The van der Waals surface area contributed by atoms with E-state index in [1.807, 2.05) is 6.92 Å². The van der Waals surface area contributed by atoms with Crippen molar-refractivity contribution in [2.45, 2.75) is 31.7 Å². The Kier molecular flexibility index (Phi) is 3.46. The molecule has 0 radical (unpaired) electrons. The van der Waals surface area contributed by atoms with Gasteiger partial charge in [-0.15, -0.1) is 0 Å². The predicted octanol–water partition coefficient (Wildman–Crippen LogP) is 3.19. The van der Waals surface area contributed by atoms with Crippen molar-refractivity contribution >= 4 is 22.0 Å². The fraction of sp³-hybridized carbons (Fsp3) is 0.462. The molecule has 0 unspecified atom stereocenters. The SMILES string of the molecule is COc1c(O)cc(C)c(C2(N=C=O)CCC2)c1Br. The Morgan fingerprint density at radius 2 is 2.22 bits per heavy atom. The molecule has 0 bridgehead atoms. The van der Waals surface area contributed by atoms with Crippen LogP contribution in [0.1, 0.15) is 30.4 Å². The second kappa shape index (κ2) is 4.75. The molecule has 1 aromatic carbocycles. The minimum absolute atomic E-state index is 0.0789. The molecule has 1 N–H and O–H groups in total. The molecule has 1 saturated carbocycles. The van der Waals surface area contributed by atoms with E-state index in [9.17, 15) is 9.90 Å². The maximum absolute atomic E-state index is 10.6. The number of hydrogen-bond acceptors (Lipinski definition) is 4. The molecule has 2 rings (SSSR count). The van der Waals surface area contributed by atoms with Crippen LogP contribution in [0.2, 0.25) is 0 Å². The number of hydrogen-bond donors (Lipinski definition) is 1. The van der Waals surface area contributed by atoms with Crippen molar-refractivity contribution in [3.8, 4) is 11.5 Å². The number of nitrogens with zero attached hydrogens (tertiary/aromatic N) is 1. The first-order valence-electron chi connectivity index (χ1n) is 5.71. The van der Waals surface area contributed by atoms with Gasteiger partial charge in [0.25, 0.3) is 0 Å². The van der Waals surface area contributed by atoms with Crippen LogP contribution in [0.25, 0.3) is 0 Å². The van der Waals surface area contributed by atoms with Crippen molar-refractivity contribution < 1.29 is 14.6 Å². The summed E-state index contributed by atoms with van der Waals surface area (Å²) in [7, 11) is 1.50. The summed E-state index contributed by atoms with van der Waals surface area (Å²) in [6, 6.07) is 1.64. The number of methoxy groups -OCH3 is 1. The Hall–Kier alpha value is -1.32. The summed E-state index contributed by atoms with van der Waals surface area (Å²) in [4.78, 5) is 14.6. The van der Waals surface area contributed by atoms with Crippen LogP contribution in [0.5, 0.6) is 11.5 Å². The standard InChI is InChI=1S/C13H14BrNO3/c1-8-6-9(17)12(18-2)11(14)10(8)13(15-7-16)4-3-5-13/h6,17H,3-5H2,1-2H3. The third kappa shape index (κ3) is 1.84. The summed E-state index contributed by atoms with van der Waals surface area (Å²) in [5, 5.41) is 9.82. The molecule has 1 aromatic rings. The van der Waals surface area contributed by atoms with Crippen molar-refractivity contribution in [2.24, 2.45) is 4.99 Å². The van der Waals surface area contributed by atoms with Crippen LogP contribution in [0.3, 0.4) is 0 Å². The summed E-state index contributed by atoms with van der Waals surface area (Å²) in [6.45, 7) is 1.89. The largest absolute Gasteiger partial charge is 0.504 e. The number of aromatic hydroxyl groups is 1. The Morgan fingerprint density at radius 3 is 2.67 bits per heavy atom. The topological polar surface area (TPSA) is 58.9 Å². The lowest BCUT2D eigenvalue weighted by Crippen LogP contribution is -2.33. The Bertz CT molecular complexity index is 532. The zero-order valence-electron chi connectivity index (χ0n) is 10.3. The van der Waals surface area contributed by atoms with E-state index in [1.165, 1.54) is 7.11 Å². The zero-order valence-corrected chi connectivity index (χ0v) is 11.9. The van der Waals surface area contributed by atoms with E-state index in [0.717, 1.165) is 30.4 Å². The number of aliphatic imine (C=N–C) groups is 1. The van der Waals surface area contributed by atoms with Gasteiger partial charge in [-0.25, -0.2) is 4.79 Å². The van der Waals surface area contributed by atoms with Gasteiger partial charge in [-0.1, -0.05) is 0 Å². The summed E-state index contributed by atoms with van der Waals surface area (Å²) >= 11 is 3.45. The molecule has 4 nitrogen and oxygen atoms in total. The molecule has 96 valence electrons. The molecule has 0 heterocycles. The van der Waals surface area contributed by atoms with Crippen LogP contribution < -0.4 is 4.74 Å². The van der Waals surface area contributed by atoms with Gasteiger partial charge in [0.1, 0.15) is 0 Å². The van der Waals surface area contributed by atoms with E-state index in [-0.39, 0.29) is 5.75 Å². The maximum Gasteiger partial charge on any atom is 0.235 e. The molecular formula is C13H14BrNO3. The smallest absolute Gasteiger partial charge is 0.235 e. The van der Waals surface area contributed by atoms with Crippen molar-refractivity contribution in [1.82, 2.24) is 0 Å². The molecule has 1 aliphatic rings. The molecule has 0 aromatic heterocycles. The average molecular weight is 312 g/mol. The lowest BCUT2D eigenvalue weighted by molar-refractivity contribution is 0.251. The number of rotatable bonds is 3. The van der Waals surface area contributed by atoms with E-state index >= 15 is 0 Å². The van der Waals surface area contributed by atoms with Crippen LogP contribution >= 0.6 is 15.9 Å². The third-order valence-corrected chi connectivity index (χ3v) is 4.27. The minimum atomic E-state index is -0.508. The molecule has 1 fully saturated rings. The second-order valence-electron chi connectivity index (χ2n) is 4.52. The average Bonchev–Trinajstić information content (AvgIpc) is 2.25. The quantitative estimate of drug-likeness (QED) is 0.689. The molecule has 0 aliphatic heterocycles. The molecule has 1 aliphatic carbocycles. The number of ether oxygens (including phenoxy) is 1. The molecule has 18 heavy (non-hydrogen) atoms. The number of phenols is 1. The van der Waals surface area contributed by atoms with Crippen molar-refractivity contribution in [1.29, 1.82) is 0 Å². The summed E-state index contributed by atoms with van der Waals surface area (Å²) in [5.41, 5.74) is 1.29. The van der Waals surface area contributed by atoms with Gasteiger partial charge in [0.15, 0.2) is 11.5 Å². The summed E-state index contributed by atoms with van der Waals surface area (Å²) in [6.07, 6.45) is 4.32. The first-order chi connectivity index (χ1) is 8.55. The van der Waals surface area contributed by atoms with Gasteiger partial charge in [-0.05, 0) is 53.7 Å². The monoisotopic (exact) mass is 311 g/mol. The van der Waals surface area contributed by atoms with Gasteiger partial charge in [-0.3, -0.25) is 0 Å². The Balaban J connectivity index is 2.67. The molecule has 5 heteroatoms. The molecule has 0 saturated heterocycles. The number of halogens is 1. The number of phenolic OH excluding ortho intramolecular Hbond substituents is 1. The highest BCUT2D eigenvalue weighted by Crippen LogP contribution is 2.52. The molecule has 0 atom stereocenters. The summed E-state index contributed by atoms with van der Waals surface area (Å²) in [5.74, 6) is 0.457. The number of carbonyl (C=O) groups excluding carboxylic acids is 1. The van der Waals surface area contributed by atoms with Crippen LogP contribution in [0.4, 0.5) is 0 Å². The van der Waals surface area contributed by atoms with E-state index < -0.39 is 5.54 Å². The number of aryl methyl sites for hydroxylation is 1. The summed E-state index contributed by atoms with van der Waals surface area (Å²) < 4.78 is 5.84. The first-order valence-corrected chi connectivity index (χ1v) is 6.50. The molecule has 0 spiro atoms. The van der Waals surface area contributed by atoms with Gasteiger partial charge in [0, 0.05) is 5.56 Å². The molecule has 0 amide bonds. The van der Waals surface area contributed by atoms with E-state index in [2.05, 4.69) is 20.9 Å². The van der Waals surface area contributed by atoms with Crippen LogP contribution in [-0.2, 0) is 10.3 Å². The second-order valence-corrected chi connectivity index (χ2v) is 5.32. The molecular weight excluding hydrogens is 298 g/mol. The Morgan fingerprint density at radius 1 is 1.56 bits per heavy atom. The fourth-order valence-electron chi connectivity index (χ4n) is 2.52. The first kappa shape index (κ1) is 13.1. The highest BCUT2D eigenvalue weighted by molar-refractivity contribution is 9.10. The number of isocyanates is 1. The van der Waals surface area contributed by atoms with Crippen molar-refractivity contribution in [2.75, 3.05) is 7.11 Å². The normalized spacial score (nSPS) is 16.6. The fourth-order valence-corrected chi connectivity index (χ4v) is 3.57. The van der Waals surface area contributed by atoms with Gasteiger partial charge in [-0.2, -0.15) is 4.99 Å². The van der Waals surface area contributed by atoms with Crippen molar-refractivity contribution in [3.63, 3.8) is 0 Å². The van der Waals surface area contributed by atoms with E-state index in [0.29, 0.717) is 10.2 Å². The highest BCUT2D eigenvalue weighted by atomic mass is 79.9. The lowest BCUT2D eigenvalue weighted by Gasteiger charge is -2.39. The van der Waals surface area contributed by atoms with Gasteiger partial charge >= 0.3 is 0 Å². The predicted molar refractivity (Wildman–Crippen MR) is 70.7 cm³/mol.